The average molecular weight is 465 g/mol. The lowest BCUT2D eigenvalue weighted by molar-refractivity contribution is -0.138. The fraction of sp³-hybridized carbons (Fsp3) is 0.440. The Balaban J connectivity index is 1.71. The summed E-state index contributed by atoms with van der Waals surface area (Å²) in [5.74, 6) is -0.283. The Hall–Kier alpha value is -3.55. The Morgan fingerprint density at radius 2 is 1.47 bits per heavy atom. The molecular weight excluding hydrogens is 432 g/mol. The van der Waals surface area contributed by atoms with Gasteiger partial charge < -0.3 is 9.64 Å². The van der Waals surface area contributed by atoms with E-state index in [2.05, 4.69) is 39.3 Å². The van der Waals surface area contributed by atoms with E-state index in [4.69, 9.17) is 10.3 Å². The van der Waals surface area contributed by atoms with Gasteiger partial charge in [-0.05, 0) is 44.0 Å². The summed E-state index contributed by atoms with van der Waals surface area (Å²) in [6, 6.07) is 19.7. The molecule has 1 saturated heterocycles. The van der Waals surface area contributed by atoms with E-state index in [1.54, 1.807) is 32.6 Å². The molecule has 1 heterocycles. The van der Waals surface area contributed by atoms with Crippen molar-refractivity contribution >= 4 is 12.0 Å². The SMILES string of the molecule is C[C@@H](C(=O)N1CCN(C(c2ccccc2)c2ccccc2)CC1)N(N=[N+]=[N-])C(=O)OC(C)(C)C. The first kappa shape index (κ1) is 25.1. The van der Waals surface area contributed by atoms with Gasteiger partial charge in [-0.1, -0.05) is 60.7 Å². The smallest absolute Gasteiger partial charge is 0.425 e. The minimum Gasteiger partial charge on any atom is -0.425 e. The molecule has 1 fully saturated rings. The van der Waals surface area contributed by atoms with Gasteiger partial charge in [-0.2, -0.15) is 9.71 Å². The summed E-state index contributed by atoms with van der Waals surface area (Å²) in [6.07, 6.45) is -0.849. The summed E-state index contributed by atoms with van der Waals surface area (Å²) in [5.41, 5.74) is 10.5. The van der Waals surface area contributed by atoms with Gasteiger partial charge >= 0.3 is 6.09 Å². The molecule has 2 aromatic carbocycles. The summed E-state index contributed by atoms with van der Waals surface area (Å²) >= 11 is 0. The number of carbonyl (C=O) groups excluding carboxylic acids is 2. The molecule has 2 aromatic rings. The van der Waals surface area contributed by atoms with Crippen molar-refractivity contribution in [1.82, 2.24) is 14.8 Å². The molecule has 0 spiro atoms. The Morgan fingerprint density at radius 1 is 0.971 bits per heavy atom. The number of hydrogen-bond acceptors (Lipinski definition) is 5. The first-order valence-corrected chi connectivity index (χ1v) is 11.4. The van der Waals surface area contributed by atoms with Gasteiger partial charge in [0.15, 0.2) is 6.04 Å². The van der Waals surface area contributed by atoms with Crippen LogP contribution in [-0.2, 0) is 9.53 Å². The molecule has 9 nitrogen and oxygen atoms in total. The van der Waals surface area contributed by atoms with Crippen molar-refractivity contribution in [2.24, 2.45) is 5.22 Å². The van der Waals surface area contributed by atoms with E-state index in [1.807, 2.05) is 36.4 Å². The average Bonchev–Trinajstić information content (AvgIpc) is 2.82. The van der Waals surface area contributed by atoms with Crippen LogP contribution in [0.4, 0.5) is 4.79 Å². The zero-order valence-electron chi connectivity index (χ0n) is 20.2. The fourth-order valence-electron chi connectivity index (χ4n) is 4.08. The van der Waals surface area contributed by atoms with Crippen LogP contribution in [0.1, 0.15) is 44.9 Å². The minimum absolute atomic E-state index is 0.0820. The summed E-state index contributed by atoms with van der Waals surface area (Å²) < 4.78 is 5.30. The minimum atomic E-state index is -0.976. The van der Waals surface area contributed by atoms with Gasteiger partial charge in [-0.3, -0.25) is 9.69 Å². The van der Waals surface area contributed by atoms with Crippen LogP contribution in [0.2, 0.25) is 0 Å². The molecule has 1 aliphatic rings. The van der Waals surface area contributed by atoms with Gasteiger partial charge in [0, 0.05) is 26.2 Å². The van der Waals surface area contributed by atoms with E-state index in [1.165, 1.54) is 11.1 Å². The molecule has 9 heteroatoms. The zero-order chi connectivity index (χ0) is 24.7. The standard InChI is InChI=1S/C25H32N6O3/c1-19(31(28-27-26)24(33)34-25(2,3)4)23(32)30-17-15-29(16-18-30)22(20-11-7-5-8-12-20)21-13-9-6-10-14-21/h5-14,19,22H,15-18H2,1-4H3/t19-/m0/s1. The lowest BCUT2D eigenvalue weighted by atomic mass is 9.96. The molecule has 0 bridgehead atoms. The topological polar surface area (TPSA) is 102 Å². The number of benzene rings is 2. The molecule has 180 valence electrons. The molecule has 34 heavy (non-hydrogen) atoms. The molecular formula is C25H32N6O3. The third kappa shape index (κ3) is 6.27. The van der Waals surface area contributed by atoms with Crippen molar-refractivity contribution in [1.29, 1.82) is 0 Å². The summed E-state index contributed by atoms with van der Waals surface area (Å²) in [5, 5.41) is 4.20. The lowest BCUT2D eigenvalue weighted by Gasteiger charge is -2.40. The monoisotopic (exact) mass is 464 g/mol. The van der Waals surface area contributed by atoms with Crippen LogP contribution in [0.15, 0.2) is 65.9 Å². The maximum Gasteiger partial charge on any atom is 0.511 e. The summed E-state index contributed by atoms with van der Waals surface area (Å²) in [6.45, 7) is 9.00. The van der Waals surface area contributed by atoms with Crippen molar-refractivity contribution in [3.8, 4) is 0 Å². The number of hydrogen-bond donors (Lipinski definition) is 0. The number of ether oxygens (including phenoxy) is 1. The molecule has 1 atom stereocenters. The Morgan fingerprint density at radius 3 is 1.91 bits per heavy atom. The van der Waals surface area contributed by atoms with Gasteiger partial charge in [0.1, 0.15) is 5.60 Å². The molecule has 0 saturated carbocycles. The maximum atomic E-state index is 13.2. The van der Waals surface area contributed by atoms with E-state index in [9.17, 15) is 9.59 Å². The van der Waals surface area contributed by atoms with Crippen molar-refractivity contribution in [2.75, 3.05) is 26.2 Å². The molecule has 1 aliphatic heterocycles. The number of amides is 2. The number of carbonyl (C=O) groups is 2. The zero-order valence-corrected chi connectivity index (χ0v) is 20.2. The molecule has 0 radical (unpaired) electrons. The molecule has 0 aliphatic carbocycles. The molecule has 0 aromatic heterocycles. The highest BCUT2D eigenvalue weighted by atomic mass is 16.6. The second-order valence-electron chi connectivity index (χ2n) is 9.26. The number of rotatable bonds is 6. The van der Waals surface area contributed by atoms with Crippen molar-refractivity contribution in [3.63, 3.8) is 0 Å². The largest absolute Gasteiger partial charge is 0.511 e. The quantitative estimate of drug-likeness (QED) is 0.266. The Kier molecular flexibility index (Phi) is 8.15. The third-order valence-electron chi connectivity index (χ3n) is 5.66. The molecule has 0 unspecified atom stereocenters. The van der Waals surface area contributed by atoms with Crippen LogP contribution in [0, 0.1) is 0 Å². The fourth-order valence-corrected chi connectivity index (χ4v) is 4.08. The predicted octanol–water partition coefficient (Wildman–Crippen LogP) is 4.77. The van der Waals surface area contributed by atoms with Crippen molar-refractivity contribution in [2.45, 2.75) is 45.4 Å². The molecule has 2 amide bonds. The van der Waals surface area contributed by atoms with Gasteiger partial charge in [0.05, 0.1) is 6.04 Å². The van der Waals surface area contributed by atoms with E-state index < -0.39 is 17.7 Å². The van der Waals surface area contributed by atoms with Gasteiger partial charge in [-0.15, -0.1) is 10.5 Å². The maximum absolute atomic E-state index is 13.2. The van der Waals surface area contributed by atoms with Crippen LogP contribution in [-0.4, -0.2) is 64.6 Å². The second-order valence-corrected chi connectivity index (χ2v) is 9.26. The van der Waals surface area contributed by atoms with E-state index >= 15 is 0 Å². The van der Waals surface area contributed by atoms with Crippen LogP contribution in [0.5, 0.6) is 0 Å². The highest BCUT2D eigenvalue weighted by Crippen LogP contribution is 2.29. The molecule has 3 rings (SSSR count). The highest BCUT2D eigenvalue weighted by Gasteiger charge is 2.38. The van der Waals surface area contributed by atoms with Crippen LogP contribution < -0.4 is 0 Å². The van der Waals surface area contributed by atoms with Gasteiger partial charge in [0.2, 0.25) is 0 Å². The van der Waals surface area contributed by atoms with E-state index in [0.717, 1.165) is 5.01 Å². The first-order chi connectivity index (χ1) is 16.2. The van der Waals surface area contributed by atoms with Gasteiger partial charge in [-0.25, -0.2) is 0 Å². The van der Waals surface area contributed by atoms with Crippen molar-refractivity contribution in [3.05, 3.63) is 82.2 Å². The first-order valence-electron chi connectivity index (χ1n) is 11.4. The molecule has 0 N–H and O–H groups in total. The number of azide groups is 1. The predicted molar refractivity (Wildman–Crippen MR) is 130 cm³/mol. The second kappa shape index (κ2) is 11.0. The Labute approximate surface area is 200 Å². The number of piperazine rings is 1. The van der Waals surface area contributed by atoms with E-state index in [-0.39, 0.29) is 11.9 Å². The summed E-state index contributed by atoms with van der Waals surface area (Å²) in [7, 11) is 0. The highest BCUT2D eigenvalue weighted by molar-refractivity contribution is 5.85. The third-order valence-corrected chi connectivity index (χ3v) is 5.66. The van der Waals surface area contributed by atoms with Crippen LogP contribution in [0.3, 0.4) is 0 Å². The normalized spacial score (nSPS) is 15.4. The lowest BCUT2D eigenvalue weighted by Crippen LogP contribution is -2.55. The van der Waals surface area contributed by atoms with Crippen molar-refractivity contribution < 1.29 is 14.3 Å². The van der Waals surface area contributed by atoms with Gasteiger partial charge in [0.25, 0.3) is 5.91 Å². The summed E-state index contributed by atoms with van der Waals surface area (Å²) in [4.78, 5) is 32.4. The van der Waals surface area contributed by atoms with Crippen LogP contribution in [0.25, 0.3) is 10.4 Å². The van der Waals surface area contributed by atoms with E-state index in [0.29, 0.717) is 26.2 Å². The van der Waals surface area contributed by atoms with Crippen LogP contribution >= 0.6 is 0 Å². The Bertz CT molecular complexity index is 970. The number of nitrogens with zero attached hydrogens (tertiary/aromatic N) is 6.